The minimum atomic E-state index is -4.39. The van der Waals surface area contributed by atoms with Crippen LogP contribution in [0.3, 0.4) is 0 Å². The lowest BCUT2D eigenvalue weighted by molar-refractivity contribution is -0.141. The van der Waals surface area contributed by atoms with Crippen molar-refractivity contribution < 1.29 is 13.2 Å². The number of hydrogen-bond acceptors (Lipinski definition) is 1. The monoisotopic (exact) mass is 236 g/mol. The van der Waals surface area contributed by atoms with E-state index in [2.05, 4.69) is 4.98 Å². The van der Waals surface area contributed by atoms with Crippen molar-refractivity contribution in [3.05, 3.63) is 48.2 Å². The van der Waals surface area contributed by atoms with E-state index in [0.717, 1.165) is 10.5 Å². The van der Waals surface area contributed by atoms with Crippen molar-refractivity contribution in [2.45, 2.75) is 6.18 Å². The molecule has 0 atom stereocenters. The van der Waals surface area contributed by atoms with Crippen molar-refractivity contribution in [3.8, 4) is 0 Å². The number of para-hydroxylation sites is 2. The molecule has 2 aromatic heterocycles. The molecule has 2 heterocycles. The molecule has 0 unspecified atom stereocenters. The Morgan fingerprint density at radius 3 is 2.47 bits per heavy atom. The van der Waals surface area contributed by atoms with E-state index in [1.807, 2.05) is 0 Å². The Morgan fingerprint density at radius 1 is 0.941 bits per heavy atom. The van der Waals surface area contributed by atoms with Gasteiger partial charge in [0.1, 0.15) is 11.3 Å². The van der Waals surface area contributed by atoms with Crippen LogP contribution in [0.2, 0.25) is 0 Å². The average molecular weight is 236 g/mol. The zero-order valence-electron chi connectivity index (χ0n) is 8.57. The van der Waals surface area contributed by atoms with Crippen molar-refractivity contribution >= 4 is 16.7 Å². The van der Waals surface area contributed by atoms with Crippen LogP contribution in [0.4, 0.5) is 13.2 Å². The number of rotatable bonds is 0. The first kappa shape index (κ1) is 10.1. The second-order valence-electron chi connectivity index (χ2n) is 3.70. The number of imidazole rings is 1. The van der Waals surface area contributed by atoms with Crippen LogP contribution >= 0.6 is 0 Å². The minimum absolute atomic E-state index is 0.307. The molecule has 1 aromatic carbocycles. The van der Waals surface area contributed by atoms with Crippen molar-refractivity contribution in [2.24, 2.45) is 0 Å². The number of pyridine rings is 1. The second kappa shape index (κ2) is 3.23. The highest BCUT2D eigenvalue weighted by atomic mass is 19.4. The summed E-state index contributed by atoms with van der Waals surface area (Å²) in [6, 6.07) is 10.8. The summed E-state index contributed by atoms with van der Waals surface area (Å²) in [6.07, 6.45) is -4.39. The first-order valence-electron chi connectivity index (χ1n) is 5.01. The van der Waals surface area contributed by atoms with E-state index in [1.165, 1.54) is 6.07 Å². The molecular weight excluding hydrogens is 229 g/mol. The standard InChI is InChI=1S/C12H7F3N2/c13-12(14,15)10-6-3-7-11-16-8-4-1-2-5-9(8)17(10)11/h1-7H. The first-order valence-corrected chi connectivity index (χ1v) is 5.01. The van der Waals surface area contributed by atoms with Gasteiger partial charge in [-0.3, -0.25) is 4.40 Å². The van der Waals surface area contributed by atoms with Gasteiger partial charge >= 0.3 is 6.18 Å². The number of fused-ring (bicyclic) bond motifs is 3. The minimum Gasteiger partial charge on any atom is -0.288 e. The van der Waals surface area contributed by atoms with Crippen molar-refractivity contribution in [1.82, 2.24) is 9.38 Å². The highest BCUT2D eigenvalue weighted by Crippen LogP contribution is 2.31. The van der Waals surface area contributed by atoms with Gasteiger partial charge in [-0.1, -0.05) is 18.2 Å². The van der Waals surface area contributed by atoms with Crippen molar-refractivity contribution in [1.29, 1.82) is 0 Å². The SMILES string of the molecule is FC(F)(F)c1cccc2nc3ccccc3n12. The van der Waals surface area contributed by atoms with Gasteiger partial charge in [0.2, 0.25) is 0 Å². The fraction of sp³-hybridized carbons (Fsp3) is 0.0833. The molecule has 0 aliphatic rings. The Bertz CT molecular complexity index is 698. The molecule has 0 amide bonds. The van der Waals surface area contributed by atoms with Gasteiger partial charge in [-0.25, -0.2) is 4.98 Å². The summed E-state index contributed by atoms with van der Waals surface area (Å²) in [5.74, 6) is 0. The lowest BCUT2D eigenvalue weighted by atomic mass is 10.3. The van der Waals surface area contributed by atoms with Crippen LogP contribution in [0, 0.1) is 0 Å². The van der Waals surface area contributed by atoms with E-state index >= 15 is 0 Å². The molecule has 0 spiro atoms. The summed E-state index contributed by atoms with van der Waals surface area (Å²) in [5.41, 5.74) is 0.629. The maximum absolute atomic E-state index is 12.9. The van der Waals surface area contributed by atoms with Crippen LogP contribution in [0.1, 0.15) is 5.69 Å². The van der Waals surface area contributed by atoms with E-state index in [9.17, 15) is 13.2 Å². The summed E-state index contributed by atoms with van der Waals surface area (Å²) < 4.78 is 39.8. The zero-order valence-corrected chi connectivity index (χ0v) is 8.57. The van der Waals surface area contributed by atoms with E-state index in [1.54, 1.807) is 30.3 Å². The molecule has 0 aliphatic carbocycles. The number of hydrogen-bond donors (Lipinski definition) is 0. The fourth-order valence-corrected chi connectivity index (χ4v) is 1.93. The van der Waals surface area contributed by atoms with Gasteiger partial charge in [0.05, 0.1) is 11.0 Å². The number of halogens is 3. The third-order valence-corrected chi connectivity index (χ3v) is 2.62. The zero-order chi connectivity index (χ0) is 12.0. The van der Waals surface area contributed by atoms with Crippen LogP contribution in [0.25, 0.3) is 16.7 Å². The van der Waals surface area contributed by atoms with E-state index < -0.39 is 11.9 Å². The fourth-order valence-electron chi connectivity index (χ4n) is 1.93. The Kier molecular flexibility index (Phi) is 1.92. The Hall–Kier alpha value is -2.04. The van der Waals surface area contributed by atoms with Gasteiger partial charge in [0.25, 0.3) is 0 Å². The van der Waals surface area contributed by atoms with Crippen LogP contribution in [-0.2, 0) is 6.18 Å². The van der Waals surface area contributed by atoms with Gasteiger partial charge < -0.3 is 0 Å². The summed E-state index contributed by atoms with van der Waals surface area (Å²) >= 11 is 0. The predicted molar refractivity (Wildman–Crippen MR) is 57.7 cm³/mol. The molecule has 0 saturated carbocycles. The molecule has 0 radical (unpaired) electrons. The smallest absolute Gasteiger partial charge is 0.288 e. The van der Waals surface area contributed by atoms with Crippen LogP contribution in [0.5, 0.6) is 0 Å². The van der Waals surface area contributed by atoms with Gasteiger partial charge in [-0.05, 0) is 24.3 Å². The Balaban J connectivity index is 2.52. The van der Waals surface area contributed by atoms with Crippen molar-refractivity contribution in [2.75, 3.05) is 0 Å². The molecule has 0 aliphatic heterocycles. The van der Waals surface area contributed by atoms with Crippen LogP contribution in [-0.4, -0.2) is 9.38 Å². The molecule has 0 saturated heterocycles. The Labute approximate surface area is 94.3 Å². The summed E-state index contributed by atoms with van der Waals surface area (Å²) in [4.78, 5) is 4.15. The molecule has 3 aromatic rings. The average Bonchev–Trinajstić information content (AvgIpc) is 2.65. The van der Waals surface area contributed by atoms with Gasteiger partial charge in [0.15, 0.2) is 0 Å². The number of benzene rings is 1. The molecule has 17 heavy (non-hydrogen) atoms. The summed E-state index contributed by atoms with van der Waals surface area (Å²) in [7, 11) is 0. The van der Waals surface area contributed by atoms with Crippen LogP contribution < -0.4 is 0 Å². The molecule has 0 N–H and O–H groups in total. The molecule has 2 nitrogen and oxygen atoms in total. The van der Waals surface area contributed by atoms with E-state index in [0.29, 0.717) is 16.7 Å². The van der Waals surface area contributed by atoms with Gasteiger partial charge in [0, 0.05) is 0 Å². The highest BCUT2D eigenvalue weighted by Gasteiger charge is 2.33. The lowest BCUT2D eigenvalue weighted by Gasteiger charge is -2.09. The molecule has 0 bridgehead atoms. The maximum Gasteiger partial charge on any atom is 0.431 e. The third-order valence-electron chi connectivity index (χ3n) is 2.62. The van der Waals surface area contributed by atoms with Crippen LogP contribution in [0.15, 0.2) is 42.5 Å². The quantitative estimate of drug-likeness (QED) is 0.583. The molecule has 86 valence electrons. The van der Waals surface area contributed by atoms with Gasteiger partial charge in [-0.2, -0.15) is 13.2 Å². The topological polar surface area (TPSA) is 17.3 Å². The molecule has 0 fully saturated rings. The number of aromatic nitrogens is 2. The second-order valence-corrected chi connectivity index (χ2v) is 3.70. The number of nitrogens with zero attached hydrogens (tertiary/aromatic N) is 2. The largest absolute Gasteiger partial charge is 0.431 e. The van der Waals surface area contributed by atoms with Crippen molar-refractivity contribution in [3.63, 3.8) is 0 Å². The molecular formula is C12H7F3N2. The maximum atomic E-state index is 12.9. The first-order chi connectivity index (χ1) is 8.07. The molecule has 3 rings (SSSR count). The third kappa shape index (κ3) is 1.46. The Morgan fingerprint density at radius 2 is 1.71 bits per heavy atom. The van der Waals surface area contributed by atoms with E-state index in [4.69, 9.17) is 0 Å². The summed E-state index contributed by atoms with van der Waals surface area (Å²) in [6.45, 7) is 0. The number of alkyl halides is 3. The predicted octanol–water partition coefficient (Wildman–Crippen LogP) is 3.51. The molecule has 5 heteroatoms. The van der Waals surface area contributed by atoms with Gasteiger partial charge in [-0.15, -0.1) is 0 Å². The normalized spacial score (nSPS) is 12.4. The summed E-state index contributed by atoms with van der Waals surface area (Å²) in [5, 5.41) is 0. The highest BCUT2D eigenvalue weighted by molar-refractivity contribution is 5.80. The van der Waals surface area contributed by atoms with E-state index in [-0.39, 0.29) is 0 Å². The lowest BCUT2D eigenvalue weighted by Crippen LogP contribution is -2.10.